The van der Waals surface area contributed by atoms with Gasteiger partial charge < -0.3 is 9.84 Å². The van der Waals surface area contributed by atoms with Gasteiger partial charge in [-0.3, -0.25) is 14.8 Å². The number of piperazine rings is 1. The van der Waals surface area contributed by atoms with E-state index in [1.54, 1.807) is 6.20 Å². The predicted octanol–water partition coefficient (Wildman–Crippen LogP) is 5.51. The summed E-state index contributed by atoms with van der Waals surface area (Å²) in [5.41, 5.74) is 6.75. The van der Waals surface area contributed by atoms with Crippen LogP contribution in [-0.4, -0.2) is 65.3 Å². The Kier molecular flexibility index (Phi) is 8.69. The summed E-state index contributed by atoms with van der Waals surface area (Å²) in [6.45, 7) is 8.74. The van der Waals surface area contributed by atoms with Crippen molar-refractivity contribution in [3.05, 3.63) is 107 Å². The van der Waals surface area contributed by atoms with Crippen LogP contribution in [0, 0.1) is 0 Å². The number of pyridine rings is 1. The van der Waals surface area contributed by atoms with Crippen molar-refractivity contribution in [2.75, 3.05) is 39.3 Å². The first-order chi connectivity index (χ1) is 18.8. The van der Waals surface area contributed by atoms with Crippen molar-refractivity contribution in [1.29, 1.82) is 0 Å². The maximum Gasteiger partial charge on any atom is 0.128 e. The van der Waals surface area contributed by atoms with Gasteiger partial charge in [-0.1, -0.05) is 68.4 Å². The van der Waals surface area contributed by atoms with E-state index < -0.39 is 6.10 Å². The number of aliphatic hydroxyl groups excluding tert-OH is 1. The molecule has 1 aromatic heterocycles. The average Bonchev–Trinajstić information content (AvgIpc) is 3.15. The smallest absolute Gasteiger partial charge is 0.128 e. The minimum absolute atomic E-state index is 0.275. The SMILES string of the molecule is CC.OC(COc1cccc2ncccc12)CN1CCN(C2c3ccccc3CCc3ccccc32)CC1. The molecule has 0 amide bonds. The van der Waals surface area contributed by atoms with E-state index in [4.69, 9.17) is 4.74 Å². The zero-order valence-corrected chi connectivity index (χ0v) is 22.6. The normalized spacial score (nSPS) is 17.0. The van der Waals surface area contributed by atoms with Gasteiger partial charge in [-0.2, -0.15) is 0 Å². The first kappa shape index (κ1) is 26.4. The highest BCUT2D eigenvalue weighted by Crippen LogP contribution is 2.37. The van der Waals surface area contributed by atoms with Crippen LogP contribution in [0.3, 0.4) is 0 Å². The summed E-state index contributed by atoms with van der Waals surface area (Å²) in [6, 6.07) is 28.0. The second-order valence-corrected chi connectivity index (χ2v) is 9.93. The number of aryl methyl sites for hydroxylation is 2. The Morgan fingerprint density at radius 1 is 0.816 bits per heavy atom. The highest BCUT2D eigenvalue weighted by Gasteiger charge is 2.31. The van der Waals surface area contributed by atoms with Gasteiger partial charge in [-0.15, -0.1) is 0 Å². The maximum absolute atomic E-state index is 10.8. The lowest BCUT2D eigenvalue weighted by molar-refractivity contribution is 0.0403. The van der Waals surface area contributed by atoms with Crippen LogP contribution in [0.25, 0.3) is 10.9 Å². The van der Waals surface area contributed by atoms with Crippen molar-refractivity contribution >= 4 is 10.9 Å². The maximum atomic E-state index is 10.8. The molecule has 0 saturated carbocycles. The van der Waals surface area contributed by atoms with Crippen molar-refractivity contribution < 1.29 is 9.84 Å². The number of benzene rings is 3. The van der Waals surface area contributed by atoms with Gasteiger partial charge in [0.2, 0.25) is 0 Å². The van der Waals surface area contributed by atoms with Crippen LogP contribution in [0.5, 0.6) is 5.75 Å². The van der Waals surface area contributed by atoms with Gasteiger partial charge in [-0.05, 0) is 59.4 Å². The van der Waals surface area contributed by atoms with E-state index >= 15 is 0 Å². The van der Waals surface area contributed by atoms with Gasteiger partial charge in [0, 0.05) is 44.3 Å². The molecule has 2 aliphatic rings. The quantitative estimate of drug-likeness (QED) is 0.372. The van der Waals surface area contributed by atoms with E-state index in [2.05, 4.69) is 63.3 Å². The summed E-state index contributed by atoms with van der Waals surface area (Å²) in [5, 5.41) is 11.7. The van der Waals surface area contributed by atoms with Crippen LogP contribution in [0.4, 0.5) is 0 Å². The zero-order chi connectivity index (χ0) is 26.3. The van der Waals surface area contributed by atoms with Crippen molar-refractivity contribution in [2.24, 2.45) is 0 Å². The Labute approximate surface area is 226 Å². The number of fused-ring (bicyclic) bond motifs is 3. The number of aliphatic hydroxyl groups is 1. The van der Waals surface area contributed by atoms with E-state index in [9.17, 15) is 5.11 Å². The summed E-state index contributed by atoms with van der Waals surface area (Å²) >= 11 is 0. The Morgan fingerprint density at radius 3 is 2.16 bits per heavy atom. The highest BCUT2D eigenvalue weighted by atomic mass is 16.5. The van der Waals surface area contributed by atoms with E-state index in [-0.39, 0.29) is 6.61 Å². The van der Waals surface area contributed by atoms with Crippen molar-refractivity contribution in [1.82, 2.24) is 14.8 Å². The molecular weight excluding hydrogens is 470 g/mol. The van der Waals surface area contributed by atoms with Crippen LogP contribution in [0.15, 0.2) is 85.1 Å². The number of hydrogen-bond donors (Lipinski definition) is 1. The van der Waals surface area contributed by atoms with E-state index in [1.165, 1.54) is 22.3 Å². The number of aromatic nitrogens is 1. The molecule has 1 saturated heterocycles. The summed E-state index contributed by atoms with van der Waals surface area (Å²) in [6.07, 6.45) is 3.45. The molecule has 5 nitrogen and oxygen atoms in total. The van der Waals surface area contributed by atoms with Gasteiger partial charge >= 0.3 is 0 Å². The first-order valence-corrected chi connectivity index (χ1v) is 14.0. The molecule has 0 spiro atoms. The van der Waals surface area contributed by atoms with E-state index in [1.807, 2.05) is 44.2 Å². The highest BCUT2D eigenvalue weighted by molar-refractivity contribution is 5.84. The fraction of sp³-hybridized carbons (Fsp3) is 0.364. The standard InChI is InChI=1S/C31H33N3O2.C2H6/c35-25(22-36-30-13-5-12-29-28(30)11-6-16-32-29)21-33-17-19-34(20-18-33)31-26-9-3-1-7-23(26)14-15-24-8-2-4-10-27(24)31;1-2/h1-13,16,25,31,35H,14-15,17-22H2;1-2H3. The van der Waals surface area contributed by atoms with Crippen LogP contribution >= 0.6 is 0 Å². The molecule has 1 unspecified atom stereocenters. The fourth-order valence-electron chi connectivity index (χ4n) is 5.83. The van der Waals surface area contributed by atoms with Crippen molar-refractivity contribution in [2.45, 2.75) is 38.8 Å². The van der Waals surface area contributed by atoms with Gasteiger partial charge in [0.25, 0.3) is 0 Å². The monoisotopic (exact) mass is 509 g/mol. The Bertz CT molecular complexity index is 1280. The largest absolute Gasteiger partial charge is 0.490 e. The first-order valence-electron chi connectivity index (χ1n) is 14.0. The minimum Gasteiger partial charge on any atom is -0.490 e. The molecule has 3 aromatic carbocycles. The number of hydrogen-bond acceptors (Lipinski definition) is 5. The van der Waals surface area contributed by atoms with Crippen LogP contribution < -0.4 is 4.74 Å². The number of nitrogens with zero attached hydrogens (tertiary/aromatic N) is 3. The molecule has 5 heteroatoms. The summed E-state index contributed by atoms with van der Waals surface area (Å²) in [5.74, 6) is 0.773. The molecule has 0 radical (unpaired) electrons. The number of rotatable bonds is 6. The molecule has 1 N–H and O–H groups in total. The molecule has 1 atom stereocenters. The molecule has 0 bridgehead atoms. The van der Waals surface area contributed by atoms with Gasteiger partial charge in [0.1, 0.15) is 18.5 Å². The average molecular weight is 510 g/mol. The van der Waals surface area contributed by atoms with Gasteiger partial charge in [-0.25, -0.2) is 0 Å². The summed E-state index contributed by atoms with van der Waals surface area (Å²) in [7, 11) is 0. The van der Waals surface area contributed by atoms with Crippen LogP contribution in [0.2, 0.25) is 0 Å². The number of ether oxygens (including phenoxy) is 1. The Morgan fingerprint density at radius 2 is 1.47 bits per heavy atom. The Balaban J connectivity index is 0.00000144. The number of β-amino-alcohol motifs (C(OH)–C–C–N with tert-alkyl or cyclic N) is 1. The molecular formula is C33H39N3O2. The van der Waals surface area contributed by atoms with E-state index in [0.29, 0.717) is 12.6 Å². The molecule has 1 fully saturated rings. The predicted molar refractivity (Wildman–Crippen MR) is 155 cm³/mol. The van der Waals surface area contributed by atoms with E-state index in [0.717, 1.165) is 55.7 Å². The topological polar surface area (TPSA) is 48.8 Å². The third-order valence-electron chi connectivity index (χ3n) is 7.64. The molecule has 6 rings (SSSR count). The fourth-order valence-corrected chi connectivity index (χ4v) is 5.83. The minimum atomic E-state index is -0.539. The molecule has 1 aliphatic carbocycles. The molecule has 38 heavy (non-hydrogen) atoms. The summed E-state index contributed by atoms with van der Waals surface area (Å²) < 4.78 is 6.00. The zero-order valence-electron chi connectivity index (χ0n) is 22.6. The Hall–Kier alpha value is -3.25. The van der Waals surface area contributed by atoms with Crippen molar-refractivity contribution in [3.8, 4) is 5.75 Å². The van der Waals surface area contributed by atoms with Gasteiger partial charge in [0.05, 0.1) is 11.6 Å². The second kappa shape index (κ2) is 12.5. The lowest BCUT2D eigenvalue weighted by Gasteiger charge is -2.40. The summed E-state index contributed by atoms with van der Waals surface area (Å²) in [4.78, 5) is 9.38. The van der Waals surface area contributed by atoms with Crippen molar-refractivity contribution in [3.63, 3.8) is 0 Å². The lowest BCUT2D eigenvalue weighted by Crippen LogP contribution is -2.50. The molecule has 1 aliphatic heterocycles. The van der Waals surface area contributed by atoms with Crippen LogP contribution in [-0.2, 0) is 12.8 Å². The second-order valence-electron chi connectivity index (χ2n) is 9.93. The van der Waals surface area contributed by atoms with Gasteiger partial charge in [0.15, 0.2) is 0 Å². The van der Waals surface area contributed by atoms with Crippen LogP contribution in [0.1, 0.15) is 42.1 Å². The third kappa shape index (κ3) is 5.75. The molecule has 2 heterocycles. The third-order valence-corrected chi connectivity index (χ3v) is 7.64. The molecule has 4 aromatic rings. The molecule has 198 valence electrons. The lowest BCUT2D eigenvalue weighted by atomic mass is 9.92.